The van der Waals surface area contributed by atoms with E-state index in [2.05, 4.69) is 25.3 Å². The Balaban J connectivity index is 1.76. The Morgan fingerprint density at radius 2 is 1.02 bits per heavy atom. The normalized spacial score (nSPS) is 26.2. The molecule has 0 saturated carbocycles. The maximum Gasteiger partial charge on any atom is 0.416 e. The quantitative estimate of drug-likeness (QED) is 0.106. The van der Waals surface area contributed by atoms with Crippen LogP contribution in [-0.2, 0) is 28.2 Å². The van der Waals surface area contributed by atoms with Crippen LogP contribution in [0.5, 0.6) is 0 Å². The van der Waals surface area contributed by atoms with Gasteiger partial charge in [0, 0.05) is 22.0 Å². The zero-order valence-corrected chi connectivity index (χ0v) is 24.2. The van der Waals surface area contributed by atoms with Gasteiger partial charge in [0.1, 0.15) is 12.2 Å². The number of halogens is 8. The highest BCUT2D eigenvalue weighted by atomic mass is 35.5. The molecule has 4 unspecified atom stereocenters. The molecule has 4 atom stereocenters. The number of hydrogen-bond acceptors (Lipinski definition) is 7. The average Bonchev–Trinajstić information content (AvgIpc) is 2.93. The van der Waals surface area contributed by atoms with Gasteiger partial charge in [0.25, 0.3) is 11.1 Å². The number of rotatable bonds is 6. The molecule has 4 rings (SSSR count). The maximum atomic E-state index is 13.8. The van der Waals surface area contributed by atoms with Crippen molar-refractivity contribution in [1.82, 2.24) is 0 Å². The molecular formula is C26H16Cl2F6N2O5S2. The van der Waals surface area contributed by atoms with E-state index in [1.165, 1.54) is 12.1 Å². The van der Waals surface area contributed by atoms with Crippen LogP contribution in [0.2, 0.25) is 0 Å². The number of hydrogen-bond donors (Lipinski definition) is 2. The molecule has 0 heterocycles. The Morgan fingerprint density at radius 1 is 0.698 bits per heavy atom. The van der Waals surface area contributed by atoms with Gasteiger partial charge in [-0.3, -0.25) is 20.2 Å². The van der Waals surface area contributed by atoms with Crippen LogP contribution < -0.4 is 0 Å². The molecule has 0 aromatic heterocycles. The van der Waals surface area contributed by atoms with Crippen LogP contribution >= 0.6 is 48.5 Å². The maximum absolute atomic E-state index is 13.8. The second-order valence-electron chi connectivity index (χ2n) is 9.22. The first-order valence-electron chi connectivity index (χ1n) is 11.8. The molecule has 2 aromatic carbocycles. The smallest absolute Gasteiger partial charge is 0.355 e. The molecule has 17 heteroatoms. The van der Waals surface area contributed by atoms with Crippen LogP contribution in [0.4, 0.5) is 26.3 Å². The standard InChI is InChI=1S/C26H16Cl2F6N2O5S2/c27-19-17(9-11-23(21(19)42,35(37)38)13-5-1-3-7-15(13)25(29,30)31)41-18-10-12-24(36(39)40,22(43)20(18)28)14-6-2-4-8-16(14)26(32,33)34/h1-12,17-18,42-43H. The summed E-state index contributed by atoms with van der Waals surface area (Å²) in [5.41, 5.74) is -9.46. The summed E-state index contributed by atoms with van der Waals surface area (Å²) in [7, 11) is 0. The van der Waals surface area contributed by atoms with Crippen LogP contribution in [-0.4, -0.2) is 22.1 Å². The average molecular weight is 685 g/mol. The Bertz CT molecular complexity index is 1510. The molecule has 0 N–H and O–H groups in total. The molecule has 0 bridgehead atoms. The Labute approximate surface area is 259 Å². The highest BCUT2D eigenvalue weighted by Crippen LogP contribution is 2.50. The third-order valence-corrected chi connectivity index (χ3v) is 9.09. The van der Waals surface area contributed by atoms with E-state index in [1.54, 1.807) is 0 Å². The van der Waals surface area contributed by atoms with Crippen LogP contribution in [0.15, 0.2) is 92.7 Å². The molecule has 0 fully saturated rings. The molecule has 0 amide bonds. The molecule has 0 radical (unpaired) electrons. The van der Waals surface area contributed by atoms with E-state index in [0.717, 1.165) is 48.6 Å². The van der Waals surface area contributed by atoms with E-state index >= 15 is 0 Å². The predicted octanol–water partition coefficient (Wildman–Crippen LogP) is 8.02. The van der Waals surface area contributed by atoms with Crippen LogP contribution in [0, 0.1) is 20.2 Å². The predicted molar refractivity (Wildman–Crippen MR) is 151 cm³/mol. The molecular weight excluding hydrogens is 669 g/mol. The van der Waals surface area contributed by atoms with E-state index < -0.39 is 87.6 Å². The van der Waals surface area contributed by atoms with E-state index in [0.29, 0.717) is 12.1 Å². The monoisotopic (exact) mass is 684 g/mol. The van der Waals surface area contributed by atoms with Crippen molar-refractivity contribution in [3.8, 4) is 0 Å². The Hall–Kier alpha value is -2.98. The summed E-state index contributed by atoms with van der Waals surface area (Å²) in [4.78, 5) is 21.3. The summed E-state index contributed by atoms with van der Waals surface area (Å²) >= 11 is 21.0. The minimum atomic E-state index is -4.97. The molecule has 0 saturated heterocycles. The molecule has 0 spiro atoms. The minimum Gasteiger partial charge on any atom is -0.355 e. The minimum absolute atomic E-state index is 0.508. The molecule has 228 valence electrons. The first kappa shape index (κ1) is 32.9. The van der Waals surface area contributed by atoms with Crippen molar-refractivity contribution in [2.45, 2.75) is 35.6 Å². The third-order valence-electron chi connectivity index (χ3n) is 6.85. The lowest BCUT2D eigenvalue weighted by Gasteiger charge is -2.34. The summed E-state index contributed by atoms with van der Waals surface area (Å²) in [6, 6.07) is 7.59. The van der Waals surface area contributed by atoms with Crippen molar-refractivity contribution < 1.29 is 40.9 Å². The SMILES string of the molecule is O=[N+]([O-])C1(c2ccccc2C(F)(F)F)C=CC(OC2C=CC(c3ccccc3C(F)(F)F)([N+](=O)[O-])C(S)=C2Cl)C(Cl)=C1S. The third kappa shape index (κ3) is 5.45. The van der Waals surface area contributed by atoms with E-state index in [9.17, 15) is 46.6 Å². The van der Waals surface area contributed by atoms with Crippen LogP contribution in [0.25, 0.3) is 0 Å². The first-order valence-corrected chi connectivity index (χ1v) is 13.4. The Morgan fingerprint density at radius 3 is 1.33 bits per heavy atom. The number of nitro groups is 2. The molecule has 2 aliphatic carbocycles. The largest absolute Gasteiger partial charge is 0.416 e. The lowest BCUT2D eigenvalue weighted by atomic mass is 9.82. The van der Waals surface area contributed by atoms with Gasteiger partial charge in [-0.25, -0.2) is 0 Å². The Kier molecular flexibility index (Phi) is 8.81. The van der Waals surface area contributed by atoms with Gasteiger partial charge in [-0.1, -0.05) is 59.6 Å². The van der Waals surface area contributed by atoms with E-state index in [4.69, 9.17) is 27.9 Å². The fraction of sp³-hybridized carbons (Fsp3) is 0.231. The van der Waals surface area contributed by atoms with Gasteiger partial charge >= 0.3 is 12.4 Å². The summed E-state index contributed by atoms with van der Waals surface area (Å²) in [6.45, 7) is 0. The fourth-order valence-electron chi connectivity index (χ4n) is 4.83. The topological polar surface area (TPSA) is 95.5 Å². The highest BCUT2D eigenvalue weighted by Gasteiger charge is 2.56. The molecule has 2 aliphatic rings. The van der Waals surface area contributed by atoms with Crippen molar-refractivity contribution in [2.75, 3.05) is 0 Å². The lowest BCUT2D eigenvalue weighted by molar-refractivity contribution is -0.550. The molecule has 2 aromatic rings. The first-order chi connectivity index (χ1) is 19.9. The van der Waals surface area contributed by atoms with Crippen molar-refractivity contribution in [1.29, 1.82) is 0 Å². The van der Waals surface area contributed by atoms with Gasteiger partial charge in [0.2, 0.25) is 0 Å². The zero-order chi connectivity index (χ0) is 32.1. The summed E-state index contributed by atoms with van der Waals surface area (Å²) < 4.78 is 88.4. The number of nitrogens with zero attached hydrogens (tertiary/aromatic N) is 2. The number of ether oxygens (including phenoxy) is 1. The van der Waals surface area contributed by atoms with Gasteiger partial charge in [-0.05, 0) is 24.3 Å². The lowest BCUT2D eigenvalue weighted by Crippen LogP contribution is -2.42. The van der Waals surface area contributed by atoms with E-state index in [1.807, 2.05) is 0 Å². The van der Waals surface area contributed by atoms with Crippen molar-refractivity contribution in [3.63, 3.8) is 0 Å². The van der Waals surface area contributed by atoms with Gasteiger partial charge < -0.3 is 4.74 Å². The summed E-state index contributed by atoms with van der Waals surface area (Å²) in [5.74, 6) is 0. The van der Waals surface area contributed by atoms with Gasteiger partial charge in [-0.15, -0.1) is 25.3 Å². The molecule has 43 heavy (non-hydrogen) atoms. The summed E-state index contributed by atoms with van der Waals surface area (Å²) in [5, 5.41) is 23.5. The second kappa shape index (κ2) is 11.5. The zero-order valence-electron chi connectivity index (χ0n) is 20.9. The summed E-state index contributed by atoms with van der Waals surface area (Å²) in [6.07, 6.45) is -9.18. The highest BCUT2D eigenvalue weighted by molar-refractivity contribution is 7.84. The second-order valence-corrected chi connectivity index (χ2v) is 10.9. The van der Waals surface area contributed by atoms with E-state index in [-0.39, 0.29) is 0 Å². The van der Waals surface area contributed by atoms with Gasteiger partial charge in [-0.2, -0.15) is 26.3 Å². The van der Waals surface area contributed by atoms with Crippen LogP contribution in [0.1, 0.15) is 22.3 Å². The number of thiol groups is 2. The van der Waals surface area contributed by atoms with Gasteiger partial charge in [0.05, 0.1) is 42.1 Å². The number of alkyl halides is 6. The van der Waals surface area contributed by atoms with Crippen molar-refractivity contribution >= 4 is 48.5 Å². The van der Waals surface area contributed by atoms with Crippen molar-refractivity contribution in [3.05, 3.63) is 135 Å². The van der Waals surface area contributed by atoms with Crippen LogP contribution in [0.3, 0.4) is 0 Å². The molecule has 7 nitrogen and oxygen atoms in total. The molecule has 0 aliphatic heterocycles. The van der Waals surface area contributed by atoms with Gasteiger partial charge in [0.15, 0.2) is 0 Å². The van der Waals surface area contributed by atoms with Crippen molar-refractivity contribution in [2.24, 2.45) is 0 Å². The number of benzene rings is 2. The fourth-order valence-corrected chi connectivity index (χ4v) is 6.18.